The first-order valence-electron chi connectivity index (χ1n) is 8.78. The number of hydrogen-bond donors (Lipinski definition) is 2. The van der Waals surface area contributed by atoms with Crippen molar-refractivity contribution in [3.63, 3.8) is 0 Å². The fraction of sp³-hybridized carbons (Fsp3) is 0.238. The Morgan fingerprint density at radius 3 is 2.55 bits per heavy atom. The van der Waals surface area contributed by atoms with Gasteiger partial charge in [0.05, 0.1) is 11.1 Å². The predicted octanol–water partition coefficient (Wildman–Crippen LogP) is 2.99. The van der Waals surface area contributed by atoms with Crippen LogP contribution in [-0.2, 0) is 16.1 Å². The molecule has 0 aromatic heterocycles. The second kappa shape index (κ2) is 8.05. The van der Waals surface area contributed by atoms with Gasteiger partial charge in [-0.05, 0) is 36.2 Å². The number of hydrogen-bond acceptors (Lipinski definition) is 5. The molecule has 0 bridgehead atoms. The number of benzene rings is 2. The van der Waals surface area contributed by atoms with Gasteiger partial charge in [0.1, 0.15) is 6.04 Å². The van der Waals surface area contributed by atoms with Gasteiger partial charge in [0.15, 0.2) is 0 Å². The summed E-state index contributed by atoms with van der Waals surface area (Å²) in [5.74, 6) is -2.09. The minimum Gasteiger partial charge on any atom is -0.380 e. The largest absolute Gasteiger partial charge is 0.380 e. The van der Waals surface area contributed by atoms with Crippen LogP contribution < -0.4 is 10.6 Å². The van der Waals surface area contributed by atoms with Crippen molar-refractivity contribution in [3.8, 4) is 0 Å². The summed E-state index contributed by atoms with van der Waals surface area (Å²) in [5.41, 5.74) is 1.90. The van der Waals surface area contributed by atoms with Gasteiger partial charge in [0, 0.05) is 23.7 Å². The smallest absolute Gasteiger partial charge is 0.264 e. The third kappa shape index (κ3) is 3.73. The van der Waals surface area contributed by atoms with Crippen LogP contribution in [0.3, 0.4) is 0 Å². The normalized spacial score (nSPS) is 18.2. The fourth-order valence-corrected chi connectivity index (χ4v) is 3.72. The SMILES string of the molecule is C.O=C1CCC(N2C(=O)c3cccc(NCc4cccc(Cl)c4)c3C2=O)C(=O)N1. The quantitative estimate of drug-likeness (QED) is 0.751. The van der Waals surface area contributed by atoms with Crippen LogP contribution in [0, 0.1) is 0 Å². The molecule has 8 heteroatoms. The Labute approximate surface area is 173 Å². The van der Waals surface area contributed by atoms with Gasteiger partial charge in [-0.15, -0.1) is 0 Å². The van der Waals surface area contributed by atoms with Gasteiger partial charge in [0.25, 0.3) is 11.8 Å². The molecule has 0 radical (unpaired) electrons. The average molecular weight is 414 g/mol. The number of imide groups is 2. The molecule has 2 aliphatic rings. The topological polar surface area (TPSA) is 95.6 Å². The van der Waals surface area contributed by atoms with E-state index >= 15 is 0 Å². The van der Waals surface area contributed by atoms with E-state index in [4.69, 9.17) is 11.6 Å². The molecule has 2 heterocycles. The van der Waals surface area contributed by atoms with Gasteiger partial charge in [0.2, 0.25) is 11.8 Å². The minimum absolute atomic E-state index is 0. The van der Waals surface area contributed by atoms with Crippen LogP contribution in [0.15, 0.2) is 42.5 Å². The third-order valence-electron chi connectivity index (χ3n) is 4.84. The molecule has 7 nitrogen and oxygen atoms in total. The molecule has 4 rings (SSSR count). The van der Waals surface area contributed by atoms with Crippen LogP contribution in [0.25, 0.3) is 0 Å². The van der Waals surface area contributed by atoms with Crippen LogP contribution in [0.5, 0.6) is 0 Å². The van der Waals surface area contributed by atoms with E-state index in [1.165, 1.54) is 0 Å². The number of carbonyl (C=O) groups is 4. The lowest BCUT2D eigenvalue weighted by atomic mass is 10.0. The maximum absolute atomic E-state index is 13.0. The van der Waals surface area contributed by atoms with Crippen molar-refractivity contribution in [1.82, 2.24) is 10.2 Å². The Kier molecular flexibility index (Phi) is 5.70. The number of nitrogens with one attached hydrogen (secondary N) is 2. The van der Waals surface area contributed by atoms with E-state index in [9.17, 15) is 19.2 Å². The van der Waals surface area contributed by atoms with Crippen molar-refractivity contribution in [2.45, 2.75) is 32.9 Å². The van der Waals surface area contributed by atoms with Gasteiger partial charge >= 0.3 is 0 Å². The number of carbonyl (C=O) groups excluding carboxylic acids is 4. The van der Waals surface area contributed by atoms with Crippen molar-refractivity contribution in [2.24, 2.45) is 0 Å². The Balaban J connectivity index is 0.00000240. The maximum atomic E-state index is 13.0. The molecular formula is C21H20ClN3O4. The van der Waals surface area contributed by atoms with Crippen LogP contribution in [0.2, 0.25) is 5.02 Å². The molecule has 29 heavy (non-hydrogen) atoms. The Morgan fingerprint density at radius 2 is 1.83 bits per heavy atom. The summed E-state index contributed by atoms with van der Waals surface area (Å²) < 4.78 is 0. The first-order chi connectivity index (χ1) is 13.5. The van der Waals surface area contributed by atoms with Crippen LogP contribution in [-0.4, -0.2) is 34.6 Å². The molecule has 0 aliphatic carbocycles. The number of piperidine rings is 1. The van der Waals surface area contributed by atoms with Gasteiger partial charge in [-0.3, -0.25) is 29.4 Å². The van der Waals surface area contributed by atoms with Gasteiger partial charge in [-0.2, -0.15) is 0 Å². The molecule has 1 unspecified atom stereocenters. The predicted molar refractivity (Wildman–Crippen MR) is 109 cm³/mol. The van der Waals surface area contributed by atoms with Crippen LogP contribution >= 0.6 is 11.6 Å². The molecule has 0 spiro atoms. The maximum Gasteiger partial charge on any atom is 0.264 e. The highest BCUT2D eigenvalue weighted by molar-refractivity contribution is 6.30. The molecule has 2 N–H and O–H groups in total. The highest BCUT2D eigenvalue weighted by atomic mass is 35.5. The number of nitrogens with zero attached hydrogens (tertiary/aromatic N) is 1. The van der Waals surface area contributed by atoms with E-state index in [1.54, 1.807) is 30.3 Å². The van der Waals surface area contributed by atoms with Crippen LogP contribution in [0.4, 0.5) is 5.69 Å². The van der Waals surface area contributed by atoms with E-state index in [1.807, 2.05) is 12.1 Å². The second-order valence-corrected chi connectivity index (χ2v) is 7.10. The Bertz CT molecular complexity index is 1020. The average Bonchev–Trinajstić information content (AvgIpc) is 2.92. The summed E-state index contributed by atoms with van der Waals surface area (Å²) in [6.07, 6.45) is 0.213. The second-order valence-electron chi connectivity index (χ2n) is 6.66. The van der Waals surface area contributed by atoms with Gasteiger partial charge < -0.3 is 5.32 Å². The van der Waals surface area contributed by atoms with Crippen molar-refractivity contribution in [2.75, 3.05) is 5.32 Å². The summed E-state index contributed by atoms with van der Waals surface area (Å²) in [4.78, 5) is 50.3. The number of fused-ring (bicyclic) bond motifs is 1. The van der Waals surface area contributed by atoms with Crippen LogP contribution in [0.1, 0.15) is 46.5 Å². The zero-order valence-corrected chi connectivity index (χ0v) is 15.5. The van der Waals surface area contributed by atoms with E-state index < -0.39 is 29.7 Å². The number of anilines is 1. The molecule has 1 fully saturated rings. The fourth-order valence-electron chi connectivity index (χ4n) is 3.51. The molecule has 4 amide bonds. The molecule has 150 valence electrons. The van der Waals surface area contributed by atoms with Gasteiger partial charge in [-0.25, -0.2) is 0 Å². The zero-order chi connectivity index (χ0) is 19.8. The third-order valence-corrected chi connectivity index (χ3v) is 5.08. The molecule has 2 aliphatic heterocycles. The highest BCUT2D eigenvalue weighted by Gasteiger charge is 2.45. The summed E-state index contributed by atoms with van der Waals surface area (Å²) in [7, 11) is 0. The number of halogens is 1. The van der Waals surface area contributed by atoms with E-state index in [0.29, 0.717) is 17.3 Å². The summed E-state index contributed by atoms with van der Waals surface area (Å²) in [6.45, 7) is 0.414. The summed E-state index contributed by atoms with van der Waals surface area (Å²) in [5, 5.41) is 5.96. The highest BCUT2D eigenvalue weighted by Crippen LogP contribution is 2.32. The standard InChI is InChI=1S/C20H16ClN3O4.CH4/c21-12-4-1-3-11(9-12)10-22-14-6-2-5-13-17(14)20(28)24(19(13)27)15-7-8-16(25)23-18(15)26;/h1-6,9,15,22H,7-8,10H2,(H,23,25,26);1H4. The lowest BCUT2D eigenvalue weighted by molar-refractivity contribution is -0.136. The van der Waals surface area contributed by atoms with E-state index in [2.05, 4.69) is 10.6 Å². The van der Waals surface area contributed by atoms with Crippen molar-refractivity contribution < 1.29 is 19.2 Å². The molecule has 2 aromatic carbocycles. The van der Waals surface area contributed by atoms with Crippen molar-refractivity contribution in [3.05, 3.63) is 64.2 Å². The van der Waals surface area contributed by atoms with Crippen molar-refractivity contribution in [1.29, 1.82) is 0 Å². The zero-order valence-electron chi connectivity index (χ0n) is 14.7. The molecule has 0 saturated carbocycles. The number of amides is 4. The first kappa shape index (κ1) is 20.5. The van der Waals surface area contributed by atoms with E-state index in [-0.39, 0.29) is 31.4 Å². The number of rotatable bonds is 4. The molecule has 1 saturated heterocycles. The summed E-state index contributed by atoms with van der Waals surface area (Å²) in [6, 6.07) is 11.3. The van der Waals surface area contributed by atoms with Crippen molar-refractivity contribution >= 4 is 40.9 Å². The lowest BCUT2D eigenvalue weighted by Gasteiger charge is -2.27. The Morgan fingerprint density at radius 1 is 1.07 bits per heavy atom. The summed E-state index contributed by atoms with van der Waals surface area (Å²) >= 11 is 6.00. The monoisotopic (exact) mass is 413 g/mol. The van der Waals surface area contributed by atoms with Gasteiger partial charge in [-0.1, -0.05) is 37.2 Å². The van der Waals surface area contributed by atoms with E-state index in [0.717, 1.165) is 10.5 Å². The first-order valence-corrected chi connectivity index (χ1v) is 9.16. The molecule has 2 aromatic rings. The molecule has 1 atom stereocenters. The minimum atomic E-state index is -0.981. The lowest BCUT2D eigenvalue weighted by Crippen LogP contribution is -2.54. The molecular weight excluding hydrogens is 394 g/mol. The Hall–Kier alpha value is -3.19.